The van der Waals surface area contributed by atoms with Crippen LogP contribution in [0.2, 0.25) is 0 Å². The maximum absolute atomic E-state index is 13.4. The van der Waals surface area contributed by atoms with Gasteiger partial charge in [-0.3, -0.25) is 19.7 Å². The van der Waals surface area contributed by atoms with Crippen LogP contribution in [0.5, 0.6) is 0 Å². The molecule has 2 amide bonds. The minimum Gasteiger partial charge on any atom is -0.351 e. The van der Waals surface area contributed by atoms with Crippen molar-refractivity contribution in [3.8, 4) is 0 Å². The van der Waals surface area contributed by atoms with Crippen molar-refractivity contribution in [2.75, 3.05) is 11.4 Å². The fraction of sp³-hybridized carbons (Fsp3) is 0.500. The zero-order valence-corrected chi connectivity index (χ0v) is 13.8. The van der Waals surface area contributed by atoms with Gasteiger partial charge in [-0.2, -0.15) is 4.39 Å². The number of nitrogens with zero attached hydrogens (tertiary/aromatic N) is 2. The van der Waals surface area contributed by atoms with Crippen LogP contribution in [0.1, 0.15) is 33.6 Å². The van der Waals surface area contributed by atoms with E-state index in [-0.39, 0.29) is 36.0 Å². The number of carbonyl (C=O) groups is 2. The minimum atomic E-state index is -0.964. The van der Waals surface area contributed by atoms with Crippen LogP contribution in [0.3, 0.4) is 0 Å². The molecule has 130 valence electrons. The van der Waals surface area contributed by atoms with Crippen molar-refractivity contribution in [3.63, 3.8) is 0 Å². The molecular weight excluding hydrogens is 317 g/mol. The molecule has 0 aromatic heterocycles. The minimum absolute atomic E-state index is 0.0246. The molecule has 0 bridgehead atoms. The maximum Gasteiger partial charge on any atom is 0.306 e. The number of nitro benzene ring substituents is 1. The summed E-state index contributed by atoms with van der Waals surface area (Å²) < 4.78 is 13.4. The average Bonchev–Trinajstić information content (AvgIpc) is 2.89. The summed E-state index contributed by atoms with van der Waals surface area (Å²) in [7, 11) is 0. The molecule has 24 heavy (non-hydrogen) atoms. The first-order valence-electron chi connectivity index (χ1n) is 7.71. The number of nitrogens with one attached hydrogen (secondary N) is 1. The van der Waals surface area contributed by atoms with Crippen LogP contribution in [0.15, 0.2) is 18.2 Å². The van der Waals surface area contributed by atoms with Gasteiger partial charge in [0, 0.05) is 24.6 Å². The Balaban J connectivity index is 2.17. The number of nitro groups is 1. The number of carbonyl (C=O) groups excluding carboxylic acids is 2. The van der Waals surface area contributed by atoms with Crippen molar-refractivity contribution in [2.24, 2.45) is 5.92 Å². The summed E-state index contributed by atoms with van der Waals surface area (Å²) in [5.41, 5.74) is -0.846. The van der Waals surface area contributed by atoms with Crippen LogP contribution < -0.4 is 10.2 Å². The second-order valence-corrected chi connectivity index (χ2v) is 6.52. The standard InChI is InChI=1S/C16H20FN3O4/c1-4-16(2,3)18-15(22)10-7-14(21)19(9-10)11-5-6-12(17)13(8-11)20(23)24/h5-6,8,10H,4,7,9H2,1-3H3,(H,18,22)/t10-/m0/s1. The smallest absolute Gasteiger partial charge is 0.306 e. The van der Waals surface area contributed by atoms with E-state index >= 15 is 0 Å². The number of halogens is 1. The Kier molecular flexibility index (Phi) is 4.86. The van der Waals surface area contributed by atoms with Crippen LogP contribution in [-0.4, -0.2) is 28.8 Å². The first-order chi connectivity index (χ1) is 11.1. The first kappa shape index (κ1) is 17.8. The van der Waals surface area contributed by atoms with E-state index in [1.54, 1.807) is 0 Å². The lowest BCUT2D eigenvalue weighted by Gasteiger charge is -2.26. The van der Waals surface area contributed by atoms with E-state index in [1.807, 2.05) is 20.8 Å². The summed E-state index contributed by atoms with van der Waals surface area (Å²) in [5.74, 6) is -2.04. The topological polar surface area (TPSA) is 92.6 Å². The lowest BCUT2D eigenvalue weighted by Crippen LogP contribution is -2.46. The molecule has 8 heteroatoms. The summed E-state index contributed by atoms with van der Waals surface area (Å²) in [6.07, 6.45) is 0.768. The van der Waals surface area contributed by atoms with Gasteiger partial charge < -0.3 is 10.2 Å². The van der Waals surface area contributed by atoms with Gasteiger partial charge >= 0.3 is 5.69 Å². The summed E-state index contributed by atoms with van der Waals surface area (Å²) in [5, 5.41) is 13.7. The molecule has 1 aliphatic rings. The highest BCUT2D eigenvalue weighted by atomic mass is 19.1. The normalized spacial score (nSPS) is 17.9. The van der Waals surface area contributed by atoms with Crippen molar-refractivity contribution >= 4 is 23.2 Å². The number of benzene rings is 1. The molecular formula is C16H20FN3O4. The van der Waals surface area contributed by atoms with Crippen LogP contribution in [0, 0.1) is 21.8 Å². The van der Waals surface area contributed by atoms with Crippen LogP contribution in [-0.2, 0) is 9.59 Å². The molecule has 1 aromatic carbocycles. The lowest BCUT2D eigenvalue weighted by atomic mass is 9.99. The molecule has 0 spiro atoms. The summed E-state index contributed by atoms with van der Waals surface area (Å²) in [6, 6.07) is 3.27. The van der Waals surface area contributed by atoms with Gasteiger partial charge in [-0.05, 0) is 32.4 Å². The molecule has 0 radical (unpaired) electrons. The Hall–Kier alpha value is -2.51. The predicted molar refractivity (Wildman–Crippen MR) is 86.0 cm³/mol. The molecule has 1 atom stereocenters. The van der Waals surface area contributed by atoms with Crippen LogP contribution >= 0.6 is 0 Å². The van der Waals surface area contributed by atoms with Crippen molar-refractivity contribution < 1.29 is 18.9 Å². The monoisotopic (exact) mass is 337 g/mol. The summed E-state index contributed by atoms with van der Waals surface area (Å²) in [4.78, 5) is 35.8. The number of amides is 2. The zero-order chi connectivity index (χ0) is 18.1. The summed E-state index contributed by atoms with van der Waals surface area (Å²) in [6.45, 7) is 5.85. The lowest BCUT2D eigenvalue weighted by molar-refractivity contribution is -0.387. The third-order valence-corrected chi connectivity index (χ3v) is 4.28. The van der Waals surface area contributed by atoms with Gasteiger partial charge in [-0.1, -0.05) is 6.92 Å². The van der Waals surface area contributed by atoms with E-state index in [9.17, 15) is 24.1 Å². The van der Waals surface area contributed by atoms with E-state index < -0.39 is 22.3 Å². The van der Waals surface area contributed by atoms with Crippen LogP contribution in [0.25, 0.3) is 0 Å². The van der Waals surface area contributed by atoms with E-state index in [0.29, 0.717) is 0 Å². The van der Waals surface area contributed by atoms with Crippen molar-refractivity contribution in [1.82, 2.24) is 5.32 Å². The van der Waals surface area contributed by atoms with Gasteiger partial charge in [0.15, 0.2) is 0 Å². The molecule has 0 saturated carbocycles. The van der Waals surface area contributed by atoms with E-state index in [2.05, 4.69) is 5.32 Å². The highest BCUT2D eigenvalue weighted by molar-refractivity contribution is 6.00. The first-order valence-corrected chi connectivity index (χ1v) is 7.71. The molecule has 7 nitrogen and oxygen atoms in total. The highest BCUT2D eigenvalue weighted by Crippen LogP contribution is 2.30. The predicted octanol–water partition coefficient (Wildman–Crippen LogP) is 2.39. The van der Waals surface area contributed by atoms with Crippen molar-refractivity contribution in [1.29, 1.82) is 0 Å². The number of anilines is 1. The Labute approximate surface area is 139 Å². The van der Waals surface area contributed by atoms with Gasteiger partial charge in [0.05, 0.1) is 16.5 Å². The molecule has 1 heterocycles. The second kappa shape index (κ2) is 6.54. The second-order valence-electron chi connectivity index (χ2n) is 6.52. The average molecular weight is 337 g/mol. The van der Waals surface area contributed by atoms with E-state index in [1.165, 1.54) is 11.0 Å². The van der Waals surface area contributed by atoms with Gasteiger partial charge in [0.1, 0.15) is 0 Å². The number of rotatable bonds is 5. The fourth-order valence-corrected chi connectivity index (χ4v) is 2.47. The van der Waals surface area contributed by atoms with Gasteiger partial charge in [0.2, 0.25) is 17.6 Å². The third-order valence-electron chi connectivity index (χ3n) is 4.28. The van der Waals surface area contributed by atoms with Gasteiger partial charge in [-0.25, -0.2) is 0 Å². The Morgan fingerprint density at radius 2 is 2.17 bits per heavy atom. The third kappa shape index (κ3) is 3.69. The Morgan fingerprint density at radius 3 is 2.75 bits per heavy atom. The van der Waals surface area contributed by atoms with Gasteiger partial charge in [-0.15, -0.1) is 0 Å². The Bertz CT molecular complexity index is 690. The summed E-state index contributed by atoms with van der Waals surface area (Å²) >= 11 is 0. The fourth-order valence-electron chi connectivity index (χ4n) is 2.47. The van der Waals surface area contributed by atoms with Gasteiger partial charge in [0.25, 0.3) is 0 Å². The highest BCUT2D eigenvalue weighted by Gasteiger charge is 2.37. The molecule has 1 saturated heterocycles. The molecule has 1 N–H and O–H groups in total. The molecule has 2 rings (SSSR count). The zero-order valence-electron chi connectivity index (χ0n) is 13.8. The largest absolute Gasteiger partial charge is 0.351 e. The molecule has 1 aliphatic heterocycles. The van der Waals surface area contributed by atoms with Crippen molar-refractivity contribution in [2.45, 2.75) is 39.2 Å². The molecule has 0 aliphatic carbocycles. The maximum atomic E-state index is 13.4. The quantitative estimate of drug-likeness (QED) is 0.659. The molecule has 0 unspecified atom stereocenters. The molecule has 1 aromatic rings. The molecule has 1 fully saturated rings. The number of hydrogen-bond donors (Lipinski definition) is 1. The van der Waals surface area contributed by atoms with E-state index in [4.69, 9.17) is 0 Å². The SMILES string of the molecule is CCC(C)(C)NC(=O)[C@H]1CC(=O)N(c2ccc(F)c([N+](=O)[O-])c2)C1. The number of hydrogen-bond acceptors (Lipinski definition) is 4. The Morgan fingerprint density at radius 1 is 1.50 bits per heavy atom. The van der Waals surface area contributed by atoms with E-state index in [0.717, 1.165) is 18.6 Å². The van der Waals surface area contributed by atoms with Crippen LogP contribution in [0.4, 0.5) is 15.8 Å². The van der Waals surface area contributed by atoms with Crippen molar-refractivity contribution in [3.05, 3.63) is 34.1 Å².